The Bertz CT molecular complexity index is 542. The molecule has 0 radical (unpaired) electrons. The van der Waals surface area contributed by atoms with Crippen LogP contribution in [0.3, 0.4) is 0 Å². The van der Waals surface area contributed by atoms with Crippen LogP contribution in [0.2, 0.25) is 0 Å². The molecular weight excluding hydrogens is 350 g/mol. The van der Waals surface area contributed by atoms with E-state index >= 15 is 0 Å². The molecular formula is C16H21NO9. The molecule has 0 aromatic rings. The van der Waals surface area contributed by atoms with Crippen LogP contribution < -0.4 is 0 Å². The minimum absolute atomic E-state index is 0.0199. The fraction of sp³-hybridized carbons (Fsp3) is 0.562. The molecule has 0 spiro atoms. The zero-order valence-corrected chi connectivity index (χ0v) is 14.3. The van der Waals surface area contributed by atoms with Gasteiger partial charge in [-0.2, -0.15) is 0 Å². The predicted octanol–water partition coefficient (Wildman–Crippen LogP) is 0.0529. The maximum absolute atomic E-state index is 11.5. The molecule has 1 aliphatic rings. The van der Waals surface area contributed by atoms with E-state index in [1.165, 1.54) is 0 Å². The van der Waals surface area contributed by atoms with E-state index in [1.54, 1.807) is 0 Å². The molecule has 0 aromatic carbocycles. The van der Waals surface area contributed by atoms with E-state index in [0.29, 0.717) is 5.06 Å². The van der Waals surface area contributed by atoms with Crippen molar-refractivity contribution in [3.8, 4) is 0 Å². The van der Waals surface area contributed by atoms with Gasteiger partial charge in [0, 0.05) is 31.8 Å². The first kappa shape index (κ1) is 21.3. The van der Waals surface area contributed by atoms with E-state index in [-0.39, 0.29) is 58.5 Å². The number of amides is 2. The summed E-state index contributed by atoms with van der Waals surface area (Å²) in [5.41, 5.74) is 0. The fourth-order valence-corrected chi connectivity index (χ4v) is 1.83. The highest BCUT2D eigenvalue weighted by atomic mass is 16.7. The summed E-state index contributed by atoms with van der Waals surface area (Å²) in [6.07, 6.45) is 1.10. The van der Waals surface area contributed by atoms with Crippen molar-refractivity contribution >= 4 is 29.7 Å². The van der Waals surface area contributed by atoms with E-state index in [1.807, 2.05) is 0 Å². The molecule has 0 aromatic heterocycles. The Labute approximate surface area is 149 Å². The summed E-state index contributed by atoms with van der Waals surface area (Å²) in [6, 6.07) is 0. The highest BCUT2D eigenvalue weighted by molar-refractivity contribution is 6.01. The molecule has 1 rings (SSSR count). The van der Waals surface area contributed by atoms with Gasteiger partial charge in [0.05, 0.1) is 13.2 Å². The first-order valence-electron chi connectivity index (χ1n) is 8.03. The quantitative estimate of drug-likeness (QED) is 0.202. The second kappa shape index (κ2) is 11.7. The van der Waals surface area contributed by atoms with Crippen LogP contribution in [0.1, 0.15) is 32.1 Å². The monoisotopic (exact) mass is 371 g/mol. The topological polar surface area (TPSA) is 126 Å². The number of carbonyl (C=O) groups excluding carboxylic acids is 5. The summed E-state index contributed by atoms with van der Waals surface area (Å²) in [5, 5.41) is 0.463. The highest BCUT2D eigenvalue weighted by Gasteiger charge is 2.32. The van der Waals surface area contributed by atoms with Gasteiger partial charge in [-0.25, -0.2) is 9.59 Å². The SMILES string of the molecule is C=CC(=O)OCCOCCOC(=O)CCCC(=O)ON1C(=O)CCC1=O. The lowest BCUT2D eigenvalue weighted by Crippen LogP contribution is -2.32. The molecule has 2 amide bonds. The number of ether oxygens (including phenoxy) is 3. The molecule has 144 valence electrons. The summed E-state index contributed by atoms with van der Waals surface area (Å²) in [4.78, 5) is 60.9. The fourth-order valence-electron chi connectivity index (χ4n) is 1.83. The predicted molar refractivity (Wildman–Crippen MR) is 84.0 cm³/mol. The average Bonchev–Trinajstić information content (AvgIpc) is 2.92. The normalized spacial score (nSPS) is 13.5. The molecule has 0 atom stereocenters. The van der Waals surface area contributed by atoms with E-state index in [9.17, 15) is 24.0 Å². The minimum Gasteiger partial charge on any atom is -0.463 e. The molecule has 1 heterocycles. The number of hydrogen-bond acceptors (Lipinski definition) is 9. The van der Waals surface area contributed by atoms with Crippen LogP contribution in [0.25, 0.3) is 0 Å². The van der Waals surface area contributed by atoms with Gasteiger partial charge < -0.3 is 19.0 Å². The third kappa shape index (κ3) is 8.38. The zero-order valence-electron chi connectivity index (χ0n) is 14.3. The van der Waals surface area contributed by atoms with Crippen molar-refractivity contribution < 1.29 is 43.0 Å². The first-order valence-corrected chi connectivity index (χ1v) is 8.03. The lowest BCUT2D eigenvalue weighted by Gasteiger charge is -2.12. The summed E-state index contributed by atoms with van der Waals surface area (Å²) >= 11 is 0. The van der Waals surface area contributed by atoms with Crippen molar-refractivity contribution in [2.45, 2.75) is 32.1 Å². The number of hydroxylamine groups is 2. The molecule has 0 bridgehead atoms. The summed E-state index contributed by atoms with van der Waals surface area (Å²) in [7, 11) is 0. The third-order valence-corrected chi connectivity index (χ3v) is 3.09. The Hall–Kier alpha value is -2.75. The van der Waals surface area contributed by atoms with Gasteiger partial charge in [0.2, 0.25) is 0 Å². The van der Waals surface area contributed by atoms with Gasteiger partial charge in [-0.05, 0) is 6.42 Å². The molecule has 0 aliphatic carbocycles. The lowest BCUT2D eigenvalue weighted by molar-refractivity contribution is -0.197. The lowest BCUT2D eigenvalue weighted by atomic mass is 10.2. The van der Waals surface area contributed by atoms with Crippen molar-refractivity contribution in [2.24, 2.45) is 0 Å². The molecule has 26 heavy (non-hydrogen) atoms. The van der Waals surface area contributed by atoms with E-state index in [2.05, 4.69) is 16.2 Å². The van der Waals surface area contributed by atoms with Gasteiger partial charge in [-0.1, -0.05) is 6.58 Å². The van der Waals surface area contributed by atoms with Crippen molar-refractivity contribution in [2.75, 3.05) is 26.4 Å². The van der Waals surface area contributed by atoms with Gasteiger partial charge >= 0.3 is 17.9 Å². The van der Waals surface area contributed by atoms with Crippen molar-refractivity contribution in [3.05, 3.63) is 12.7 Å². The van der Waals surface area contributed by atoms with Crippen molar-refractivity contribution in [3.63, 3.8) is 0 Å². The Kier molecular flexibility index (Phi) is 9.62. The third-order valence-electron chi connectivity index (χ3n) is 3.09. The molecule has 0 unspecified atom stereocenters. The van der Waals surface area contributed by atoms with Gasteiger partial charge in [0.25, 0.3) is 11.8 Å². The van der Waals surface area contributed by atoms with Crippen LogP contribution in [-0.4, -0.2) is 61.2 Å². The number of imide groups is 1. The minimum atomic E-state index is -0.765. The first-order chi connectivity index (χ1) is 12.4. The number of esters is 2. The number of nitrogens with zero attached hydrogens (tertiary/aromatic N) is 1. The van der Waals surface area contributed by atoms with Gasteiger partial charge in [0.15, 0.2) is 0 Å². The summed E-state index contributed by atoms with van der Waals surface area (Å²) in [6.45, 7) is 3.64. The van der Waals surface area contributed by atoms with Crippen molar-refractivity contribution in [1.82, 2.24) is 5.06 Å². The van der Waals surface area contributed by atoms with Crippen LogP contribution in [0.15, 0.2) is 12.7 Å². The number of hydrogen-bond donors (Lipinski definition) is 0. The average molecular weight is 371 g/mol. The van der Waals surface area contributed by atoms with Gasteiger partial charge in [-0.15, -0.1) is 5.06 Å². The molecule has 10 nitrogen and oxygen atoms in total. The zero-order chi connectivity index (χ0) is 19.4. The highest BCUT2D eigenvalue weighted by Crippen LogP contribution is 2.13. The summed E-state index contributed by atoms with van der Waals surface area (Å²) in [5.74, 6) is -2.94. The molecule has 1 fully saturated rings. The molecule has 1 saturated heterocycles. The standard InChI is InChI=1S/C16H21NO9/c1-2-14(20)24-10-8-23-9-11-25-15(21)4-3-5-16(22)26-17-12(18)6-7-13(17)19/h2H,1,3-11H2. The van der Waals surface area contributed by atoms with E-state index in [4.69, 9.17) is 9.47 Å². The smallest absolute Gasteiger partial charge is 0.333 e. The van der Waals surface area contributed by atoms with Crippen LogP contribution in [-0.2, 0) is 43.0 Å². The Morgan fingerprint density at radius 2 is 1.50 bits per heavy atom. The molecule has 1 aliphatic heterocycles. The van der Waals surface area contributed by atoms with Crippen molar-refractivity contribution in [1.29, 1.82) is 0 Å². The summed E-state index contributed by atoms with van der Waals surface area (Å²) < 4.78 is 14.6. The number of rotatable bonds is 12. The van der Waals surface area contributed by atoms with Crippen LogP contribution in [0.4, 0.5) is 0 Å². The van der Waals surface area contributed by atoms with E-state index in [0.717, 1.165) is 6.08 Å². The molecule has 0 N–H and O–H groups in total. The van der Waals surface area contributed by atoms with Gasteiger partial charge in [-0.3, -0.25) is 14.4 Å². The Morgan fingerprint density at radius 3 is 2.12 bits per heavy atom. The molecule has 10 heteroatoms. The van der Waals surface area contributed by atoms with E-state index < -0.39 is 29.7 Å². The second-order valence-corrected chi connectivity index (χ2v) is 5.10. The van der Waals surface area contributed by atoms with Crippen LogP contribution in [0, 0.1) is 0 Å². The number of carbonyl (C=O) groups is 5. The molecule has 0 saturated carbocycles. The Morgan fingerprint density at radius 1 is 0.923 bits per heavy atom. The second-order valence-electron chi connectivity index (χ2n) is 5.10. The maximum Gasteiger partial charge on any atom is 0.333 e. The largest absolute Gasteiger partial charge is 0.463 e. The van der Waals surface area contributed by atoms with Crippen LogP contribution >= 0.6 is 0 Å². The maximum atomic E-state index is 11.5. The Balaban J connectivity index is 2.00. The van der Waals surface area contributed by atoms with Crippen LogP contribution in [0.5, 0.6) is 0 Å². The van der Waals surface area contributed by atoms with Gasteiger partial charge in [0.1, 0.15) is 13.2 Å².